The van der Waals surface area contributed by atoms with E-state index in [9.17, 15) is 0 Å². The van der Waals surface area contributed by atoms with Crippen LogP contribution in [0, 0.1) is 0 Å². The zero-order chi connectivity index (χ0) is 16.3. The van der Waals surface area contributed by atoms with Gasteiger partial charge in [0.1, 0.15) is 0 Å². The number of rotatable bonds is 17. The lowest BCUT2D eigenvalue weighted by molar-refractivity contribution is -0.147. The van der Waals surface area contributed by atoms with Crippen LogP contribution < -0.4 is 0 Å². The van der Waals surface area contributed by atoms with E-state index in [2.05, 4.69) is 48.6 Å². The molecule has 22 heavy (non-hydrogen) atoms. The molecular formula is C19H37IO2. The molecule has 0 fully saturated rings. The highest BCUT2D eigenvalue weighted by Crippen LogP contribution is 2.12. The first kappa shape index (κ1) is 22.4. The van der Waals surface area contributed by atoms with E-state index in [-0.39, 0.29) is 6.29 Å². The Bertz CT molecular complexity index is 221. The predicted molar refractivity (Wildman–Crippen MR) is 106 cm³/mol. The minimum atomic E-state index is 0.0253. The van der Waals surface area contributed by atoms with Crippen LogP contribution in [0.1, 0.15) is 84.5 Å². The zero-order valence-corrected chi connectivity index (χ0v) is 17.0. The lowest BCUT2D eigenvalue weighted by atomic mass is 10.1. The van der Waals surface area contributed by atoms with Gasteiger partial charge in [-0.3, -0.25) is 0 Å². The van der Waals surface area contributed by atoms with Crippen molar-refractivity contribution in [1.82, 2.24) is 0 Å². The Balaban J connectivity index is 3.61. The summed E-state index contributed by atoms with van der Waals surface area (Å²) in [6.45, 7) is 6.08. The number of ether oxygens (including phenoxy) is 2. The first-order valence-electron chi connectivity index (χ1n) is 9.29. The highest BCUT2D eigenvalue weighted by Gasteiger charge is 2.08. The number of alkyl halides is 1. The van der Waals surface area contributed by atoms with Gasteiger partial charge in [-0.15, -0.1) is 0 Å². The average Bonchev–Trinajstić information content (AvgIpc) is 2.53. The summed E-state index contributed by atoms with van der Waals surface area (Å²) in [5.74, 6) is 0. The number of hydrogen-bond acceptors (Lipinski definition) is 2. The topological polar surface area (TPSA) is 18.5 Å². The molecule has 0 atom stereocenters. The lowest BCUT2D eigenvalue weighted by Gasteiger charge is -2.18. The van der Waals surface area contributed by atoms with Gasteiger partial charge in [0.05, 0.1) is 0 Å². The fraction of sp³-hybridized carbons (Fsp3) is 0.895. The van der Waals surface area contributed by atoms with Crippen LogP contribution in [0.4, 0.5) is 0 Å². The minimum absolute atomic E-state index is 0.0253. The van der Waals surface area contributed by atoms with Gasteiger partial charge in [-0.25, -0.2) is 0 Å². The molecule has 0 saturated carbocycles. The molecule has 0 aromatic carbocycles. The van der Waals surface area contributed by atoms with Crippen LogP contribution >= 0.6 is 22.6 Å². The smallest absolute Gasteiger partial charge is 0.157 e. The normalized spacial score (nSPS) is 11.8. The van der Waals surface area contributed by atoms with Gasteiger partial charge in [0.25, 0.3) is 0 Å². The fourth-order valence-electron chi connectivity index (χ4n) is 2.11. The van der Waals surface area contributed by atoms with E-state index >= 15 is 0 Å². The van der Waals surface area contributed by atoms with Gasteiger partial charge < -0.3 is 9.47 Å². The van der Waals surface area contributed by atoms with Crippen LogP contribution in [0.5, 0.6) is 0 Å². The van der Waals surface area contributed by atoms with E-state index in [1.807, 2.05) is 0 Å². The molecule has 0 bridgehead atoms. The Morgan fingerprint density at radius 2 is 1.36 bits per heavy atom. The number of unbranched alkanes of at least 4 members (excludes halogenated alkanes) is 6. The van der Waals surface area contributed by atoms with Crippen molar-refractivity contribution in [3.05, 3.63) is 12.2 Å². The molecule has 0 aliphatic carbocycles. The van der Waals surface area contributed by atoms with Crippen molar-refractivity contribution < 1.29 is 9.47 Å². The zero-order valence-electron chi connectivity index (χ0n) is 14.8. The summed E-state index contributed by atoms with van der Waals surface area (Å²) in [4.78, 5) is 0. The number of halogens is 1. The molecule has 132 valence electrons. The molecule has 0 heterocycles. The first-order chi connectivity index (χ1) is 10.8. The predicted octanol–water partition coefficient (Wildman–Crippen LogP) is 6.67. The molecule has 0 saturated heterocycles. The van der Waals surface area contributed by atoms with Crippen molar-refractivity contribution in [2.24, 2.45) is 0 Å². The number of allylic oxidation sites excluding steroid dienone is 2. The van der Waals surface area contributed by atoms with Crippen LogP contribution in [0.15, 0.2) is 12.2 Å². The van der Waals surface area contributed by atoms with Crippen molar-refractivity contribution >= 4 is 22.6 Å². The third-order valence-electron chi connectivity index (χ3n) is 3.58. The maximum atomic E-state index is 5.86. The summed E-state index contributed by atoms with van der Waals surface area (Å²) in [6.07, 6.45) is 17.9. The molecule has 0 unspecified atom stereocenters. The van der Waals surface area contributed by atoms with E-state index in [1.54, 1.807) is 0 Å². The largest absolute Gasteiger partial charge is 0.353 e. The van der Waals surface area contributed by atoms with Crippen molar-refractivity contribution in [3.8, 4) is 0 Å². The maximum Gasteiger partial charge on any atom is 0.157 e. The Morgan fingerprint density at radius 1 is 0.773 bits per heavy atom. The van der Waals surface area contributed by atoms with Crippen LogP contribution in [0.25, 0.3) is 0 Å². The summed E-state index contributed by atoms with van der Waals surface area (Å²) in [6, 6.07) is 0. The van der Waals surface area contributed by atoms with E-state index in [4.69, 9.17) is 9.47 Å². The standard InChI is InChI=1S/C19H37IO2/c1-3-5-17-21-19(22-18-6-4-2)15-13-11-9-7-8-10-12-14-16-20/h8,10,19H,3-7,9,11-18H2,1-2H3/b10-8+. The third-order valence-corrected chi connectivity index (χ3v) is 4.35. The summed E-state index contributed by atoms with van der Waals surface area (Å²) < 4.78 is 13.0. The maximum absolute atomic E-state index is 5.86. The molecular weight excluding hydrogens is 387 g/mol. The van der Waals surface area contributed by atoms with Crippen LogP contribution in [-0.2, 0) is 9.47 Å². The van der Waals surface area contributed by atoms with Gasteiger partial charge >= 0.3 is 0 Å². The number of hydrogen-bond donors (Lipinski definition) is 0. The Labute approximate surface area is 152 Å². The SMILES string of the molecule is CCCCOC(CCCCC/C=C/CCCI)OCCCC. The molecule has 0 aliphatic heterocycles. The molecule has 0 aliphatic rings. The quantitative estimate of drug-likeness (QED) is 0.0854. The van der Waals surface area contributed by atoms with E-state index in [0.29, 0.717) is 0 Å². The van der Waals surface area contributed by atoms with Crippen LogP contribution in [0.3, 0.4) is 0 Å². The van der Waals surface area contributed by atoms with Gasteiger partial charge in [-0.05, 0) is 55.8 Å². The van der Waals surface area contributed by atoms with Gasteiger partial charge in [0, 0.05) is 13.2 Å². The molecule has 2 nitrogen and oxygen atoms in total. The first-order valence-corrected chi connectivity index (χ1v) is 10.8. The van der Waals surface area contributed by atoms with Crippen molar-refractivity contribution in [1.29, 1.82) is 0 Å². The second-order valence-electron chi connectivity index (χ2n) is 5.82. The highest BCUT2D eigenvalue weighted by molar-refractivity contribution is 14.1. The third kappa shape index (κ3) is 16.8. The van der Waals surface area contributed by atoms with Crippen molar-refractivity contribution in [3.63, 3.8) is 0 Å². The second-order valence-corrected chi connectivity index (χ2v) is 6.90. The fourth-order valence-corrected chi connectivity index (χ4v) is 2.55. The van der Waals surface area contributed by atoms with Crippen molar-refractivity contribution in [2.45, 2.75) is 90.8 Å². The average molecular weight is 424 g/mol. The van der Waals surface area contributed by atoms with E-state index < -0.39 is 0 Å². The van der Waals surface area contributed by atoms with Gasteiger partial charge in [-0.2, -0.15) is 0 Å². The summed E-state index contributed by atoms with van der Waals surface area (Å²) in [5, 5.41) is 0. The lowest BCUT2D eigenvalue weighted by Crippen LogP contribution is -2.18. The van der Waals surface area contributed by atoms with E-state index in [0.717, 1.165) is 32.5 Å². The van der Waals surface area contributed by atoms with Gasteiger partial charge in [0.15, 0.2) is 6.29 Å². The molecule has 0 amide bonds. The van der Waals surface area contributed by atoms with Crippen LogP contribution in [-0.4, -0.2) is 23.9 Å². The summed E-state index contributed by atoms with van der Waals surface area (Å²) in [5.41, 5.74) is 0. The van der Waals surface area contributed by atoms with E-state index in [1.165, 1.54) is 55.8 Å². The Morgan fingerprint density at radius 3 is 1.91 bits per heavy atom. The molecule has 0 rings (SSSR count). The van der Waals surface area contributed by atoms with Crippen LogP contribution in [0.2, 0.25) is 0 Å². The monoisotopic (exact) mass is 424 g/mol. The summed E-state index contributed by atoms with van der Waals surface area (Å²) in [7, 11) is 0. The van der Waals surface area contributed by atoms with Crippen molar-refractivity contribution in [2.75, 3.05) is 17.6 Å². The molecule has 0 N–H and O–H groups in total. The van der Waals surface area contributed by atoms with Gasteiger partial charge in [0.2, 0.25) is 0 Å². The molecule has 0 radical (unpaired) electrons. The second kappa shape index (κ2) is 19.4. The summed E-state index contributed by atoms with van der Waals surface area (Å²) >= 11 is 2.44. The molecule has 0 aromatic heterocycles. The van der Waals surface area contributed by atoms with Gasteiger partial charge in [-0.1, -0.05) is 67.9 Å². The highest BCUT2D eigenvalue weighted by atomic mass is 127. The molecule has 0 aromatic rings. The molecule has 0 spiro atoms. The minimum Gasteiger partial charge on any atom is -0.353 e. The molecule has 3 heteroatoms. The Hall–Kier alpha value is 0.390. The Kier molecular flexibility index (Phi) is 19.8.